The zero-order valence-corrected chi connectivity index (χ0v) is 14.4. The standard InChI is InChI=1S/C17H27N3O2/c1-11-8-7-9-12(2)14(11)19-13(21)10-20(6)16(22)15(18)17(3,4)5/h7-9,15H,10,18H2,1-6H3,(H,19,21)/t15-/m1/s1. The van der Waals surface area contributed by atoms with Crippen LogP contribution in [0.15, 0.2) is 18.2 Å². The van der Waals surface area contributed by atoms with E-state index >= 15 is 0 Å². The third kappa shape index (κ3) is 4.56. The van der Waals surface area contributed by atoms with E-state index in [1.165, 1.54) is 4.90 Å². The topological polar surface area (TPSA) is 75.4 Å². The second-order valence-electron chi connectivity index (χ2n) is 6.85. The molecule has 0 saturated heterocycles. The summed E-state index contributed by atoms with van der Waals surface area (Å²) in [5, 5.41) is 2.87. The second kappa shape index (κ2) is 6.92. The first-order valence-electron chi connectivity index (χ1n) is 7.40. The fourth-order valence-electron chi connectivity index (χ4n) is 2.09. The van der Waals surface area contributed by atoms with Gasteiger partial charge in [0.1, 0.15) is 0 Å². The molecule has 2 amide bonds. The molecule has 3 N–H and O–H groups in total. The van der Waals surface area contributed by atoms with Gasteiger partial charge < -0.3 is 16.0 Å². The molecule has 1 aromatic carbocycles. The van der Waals surface area contributed by atoms with Crippen molar-refractivity contribution < 1.29 is 9.59 Å². The highest BCUT2D eigenvalue weighted by Crippen LogP contribution is 2.20. The molecule has 0 aliphatic rings. The third-order valence-corrected chi connectivity index (χ3v) is 3.70. The fourth-order valence-corrected chi connectivity index (χ4v) is 2.09. The summed E-state index contributed by atoms with van der Waals surface area (Å²) in [4.78, 5) is 25.8. The molecule has 0 saturated carbocycles. The van der Waals surface area contributed by atoms with Crippen molar-refractivity contribution in [2.75, 3.05) is 18.9 Å². The highest BCUT2D eigenvalue weighted by Gasteiger charge is 2.30. The molecule has 22 heavy (non-hydrogen) atoms. The number of aryl methyl sites for hydroxylation is 2. The summed E-state index contributed by atoms with van der Waals surface area (Å²) in [6.07, 6.45) is 0. The molecule has 5 nitrogen and oxygen atoms in total. The fraction of sp³-hybridized carbons (Fsp3) is 0.529. The Morgan fingerprint density at radius 3 is 2.18 bits per heavy atom. The highest BCUT2D eigenvalue weighted by atomic mass is 16.2. The lowest BCUT2D eigenvalue weighted by atomic mass is 9.86. The monoisotopic (exact) mass is 305 g/mol. The molecular formula is C17H27N3O2. The molecule has 0 bridgehead atoms. The van der Waals surface area contributed by atoms with E-state index in [-0.39, 0.29) is 23.8 Å². The van der Waals surface area contributed by atoms with E-state index in [0.717, 1.165) is 16.8 Å². The van der Waals surface area contributed by atoms with E-state index in [2.05, 4.69) is 5.32 Å². The first-order chi connectivity index (χ1) is 10.0. The molecule has 0 fully saturated rings. The lowest BCUT2D eigenvalue weighted by Crippen LogP contribution is -2.50. The van der Waals surface area contributed by atoms with Crippen molar-refractivity contribution in [1.82, 2.24) is 4.90 Å². The largest absolute Gasteiger partial charge is 0.335 e. The Labute approximate surface area is 132 Å². The van der Waals surface area contributed by atoms with Crippen LogP contribution in [0.4, 0.5) is 5.69 Å². The van der Waals surface area contributed by atoms with Crippen molar-refractivity contribution >= 4 is 17.5 Å². The van der Waals surface area contributed by atoms with Crippen LogP contribution >= 0.6 is 0 Å². The summed E-state index contributed by atoms with van der Waals surface area (Å²) in [6.45, 7) is 9.57. The number of rotatable bonds is 4. The first kappa shape index (κ1) is 18.2. The number of carbonyl (C=O) groups excluding carboxylic acids is 2. The smallest absolute Gasteiger partial charge is 0.243 e. The van der Waals surface area contributed by atoms with Crippen molar-refractivity contribution in [2.24, 2.45) is 11.1 Å². The maximum atomic E-state index is 12.2. The number of nitrogens with zero attached hydrogens (tertiary/aromatic N) is 1. The number of para-hydroxylation sites is 1. The van der Waals surface area contributed by atoms with Crippen LogP contribution in [0.5, 0.6) is 0 Å². The average molecular weight is 305 g/mol. The minimum Gasteiger partial charge on any atom is -0.335 e. The van der Waals surface area contributed by atoms with Crippen molar-refractivity contribution in [3.05, 3.63) is 29.3 Å². The molecule has 1 atom stereocenters. The molecule has 0 aliphatic heterocycles. The van der Waals surface area contributed by atoms with Crippen LogP contribution in [0.2, 0.25) is 0 Å². The molecule has 0 aromatic heterocycles. The van der Waals surface area contributed by atoms with Crippen molar-refractivity contribution in [3.8, 4) is 0 Å². The number of likely N-dealkylation sites (N-methyl/N-ethyl adjacent to an activating group) is 1. The van der Waals surface area contributed by atoms with Crippen LogP contribution in [0, 0.1) is 19.3 Å². The lowest BCUT2D eigenvalue weighted by Gasteiger charge is -2.29. The first-order valence-corrected chi connectivity index (χ1v) is 7.40. The number of hydrogen-bond donors (Lipinski definition) is 2. The van der Waals surface area contributed by atoms with Crippen molar-refractivity contribution in [1.29, 1.82) is 0 Å². The van der Waals surface area contributed by atoms with E-state index in [9.17, 15) is 9.59 Å². The van der Waals surface area contributed by atoms with Crippen LogP contribution < -0.4 is 11.1 Å². The summed E-state index contributed by atoms with van der Waals surface area (Å²) in [6, 6.07) is 5.18. The van der Waals surface area contributed by atoms with E-state index in [1.54, 1.807) is 7.05 Å². The van der Waals surface area contributed by atoms with Gasteiger partial charge >= 0.3 is 0 Å². The van der Waals surface area contributed by atoms with Gasteiger partial charge in [0.25, 0.3) is 0 Å². The number of hydrogen-bond acceptors (Lipinski definition) is 3. The second-order valence-corrected chi connectivity index (χ2v) is 6.85. The normalized spacial score (nSPS) is 12.7. The number of benzene rings is 1. The number of nitrogens with two attached hydrogens (primary N) is 1. The third-order valence-electron chi connectivity index (χ3n) is 3.70. The Hall–Kier alpha value is -1.88. The van der Waals surface area contributed by atoms with Gasteiger partial charge in [-0.3, -0.25) is 9.59 Å². The minimum absolute atomic E-state index is 0.0175. The Bertz CT molecular complexity index is 541. The Balaban J connectivity index is 2.71. The van der Waals surface area contributed by atoms with Crippen LogP contribution in [0.3, 0.4) is 0 Å². The van der Waals surface area contributed by atoms with Gasteiger partial charge in [-0.25, -0.2) is 0 Å². The minimum atomic E-state index is -0.634. The van der Waals surface area contributed by atoms with Gasteiger partial charge in [-0.05, 0) is 30.4 Å². The summed E-state index contributed by atoms with van der Waals surface area (Å²) in [5.74, 6) is -0.460. The number of nitrogens with one attached hydrogen (secondary N) is 1. The SMILES string of the molecule is Cc1cccc(C)c1NC(=O)CN(C)C(=O)[C@@H](N)C(C)(C)C. The van der Waals surface area contributed by atoms with E-state index in [0.29, 0.717) is 0 Å². The van der Waals surface area contributed by atoms with Gasteiger partial charge in [-0.15, -0.1) is 0 Å². The number of anilines is 1. The Morgan fingerprint density at radius 2 is 1.73 bits per heavy atom. The lowest BCUT2D eigenvalue weighted by molar-refractivity contribution is -0.136. The zero-order valence-electron chi connectivity index (χ0n) is 14.4. The predicted octanol–water partition coefficient (Wildman–Crippen LogP) is 2.07. The Kier molecular flexibility index (Phi) is 5.72. The number of amides is 2. The van der Waals surface area contributed by atoms with Crippen LogP contribution in [-0.4, -0.2) is 36.3 Å². The molecule has 0 heterocycles. The Morgan fingerprint density at radius 1 is 1.23 bits per heavy atom. The van der Waals surface area contributed by atoms with E-state index < -0.39 is 6.04 Å². The molecule has 0 aliphatic carbocycles. The molecule has 122 valence electrons. The molecule has 1 rings (SSSR count). The molecule has 0 radical (unpaired) electrons. The molecule has 1 aromatic rings. The summed E-state index contributed by atoms with van der Waals surface area (Å²) in [7, 11) is 1.60. The van der Waals surface area contributed by atoms with Gasteiger partial charge in [-0.2, -0.15) is 0 Å². The maximum Gasteiger partial charge on any atom is 0.243 e. The van der Waals surface area contributed by atoms with Gasteiger partial charge in [-0.1, -0.05) is 39.0 Å². The zero-order chi connectivity index (χ0) is 17.1. The highest BCUT2D eigenvalue weighted by molar-refractivity contribution is 5.96. The molecular weight excluding hydrogens is 278 g/mol. The van der Waals surface area contributed by atoms with E-state index in [1.807, 2.05) is 52.8 Å². The van der Waals surface area contributed by atoms with Crippen LogP contribution in [-0.2, 0) is 9.59 Å². The van der Waals surface area contributed by atoms with Gasteiger partial charge in [0.15, 0.2) is 0 Å². The van der Waals surface area contributed by atoms with Crippen LogP contribution in [0.1, 0.15) is 31.9 Å². The predicted molar refractivity (Wildman–Crippen MR) is 89.6 cm³/mol. The average Bonchev–Trinajstić information content (AvgIpc) is 2.40. The van der Waals surface area contributed by atoms with Crippen molar-refractivity contribution in [2.45, 2.75) is 40.7 Å². The van der Waals surface area contributed by atoms with Crippen LogP contribution in [0.25, 0.3) is 0 Å². The molecule has 5 heteroatoms. The van der Waals surface area contributed by atoms with Gasteiger partial charge in [0, 0.05) is 12.7 Å². The summed E-state index contributed by atoms with van der Waals surface area (Å²) in [5.41, 5.74) is 8.40. The van der Waals surface area contributed by atoms with E-state index in [4.69, 9.17) is 5.73 Å². The summed E-state index contributed by atoms with van der Waals surface area (Å²) >= 11 is 0. The number of carbonyl (C=O) groups is 2. The van der Waals surface area contributed by atoms with Gasteiger partial charge in [0.2, 0.25) is 11.8 Å². The summed E-state index contributed by atoms with van der Waals surface area (Å²) < 4.78 is 0. The van der Waals surface area contributed by atoms with Gasteiger partial charge in [0.05, 0.1) is 12.6 Å². The van der Waals surface area contributed by atoms with Crippen molar-refractivity contribution in [3.63, 3.8) is 0 Å². The quantitative estimate of drug-likeness (QED) is 0.894. The molecule has 0 unspecified atom stereocenters. The maximum absolute atomic E-state index is 12.2. The molecule has 0 spiro atoms.